The average molecular weight is 344 g/mol. The van der Waals surface area contributed by atoms with Gasteiger partial charge in [-0.2, -0.15) is 0 Å². The van der Waals surface area contributed by atoms with Gasteiger partial charge in [-0.1, -0.05) is 12.1 Å². The van der Waals surface area contributed by atoms with Gasteiger partial charge < -0.3 is 14.2 Å². The SMILES string of the molecule is COc1ccc(C(=O)NNC(=O)COc2cccc(C)c2)cc1OC. The van der Waals surface area contributed by atoms with E-state index >= 15 is 0 Å². The molecule has 0 aliphatic heterocycles. The van der Waals surface area contributed by atoms with E-state index in [2.05, 4.69) is 10.9 Å². The largest absolute Gasteiger partial charge is 0.493 e. The molecule has 0 unspecified atom stereocenters. The number of rotatable bonds is 6. The maximum atomic E-state index is 12.1. The number of hydrogen-bond acceptors (Lipinski definition) is 5. The summed E-state index contributed by atoms with van der Waals surface area (Å²) in [5.74, 6) is 0.556. The molecule has 7 nitrogen and oxygen atoms in total. The first-order valence-corrected chi connectivity index (χ1v) is 7.54. The topological polar surface area (TPSA) is 85.9 Å². The van der Waals surface area contributed by atoms with E-state index in [1.807, 2.05) is 25.1 Å². The monoisotopic (exact) mass is 344 g/mol. The summed E-state index contributed by atoms with van der Waals surface area (Å²) in [6.07, 6.45) is 0. The van der Waals surface area contributed by atoms with Crippen molar-refractivity contribution in [1.82, 2.24) is 10.9 Å². The van der Waals surface area contributed by atoms with Crippen LogP contribution in [0.2, 0.25) is 0 Å². The van der Waals surface area contributed by atoms with Gasteiger partial charge in [0.2, 0.25) is 0 Å². The molecule has 132 valence electrons. The molecule has 0 aliphatic carbocycles. The van der Waals surface area contributed by atoms with Crippen LogP contribution >= 0.6 is 0 Å². The Kier molecular flexibility index (Phi) is 6.22. The normalized spacial score (nSPS) is 9.88. The third kappa shape index (κ3) is 5.13. The summed E-state index contributed by atoms with van der Waals surface area (Å²) in [5.41, 5.74) is 5.96. The van der Waals surface area contributed by atoms with Gasteiger partial charge in [0, 0.05) is 5.56 Å². The van der Waals surface area contributed by atoms with E-state index in [4.69, 9.17) is 14.2 Å². The van der Waals surface area contributed by atoms with Crippen molar-refractivity contribution in [3.05, 3.63) is 53.6 Å². The van der Waals surface area contributed by atoms with E-state index in [0.29, 0.717) is 22.8 Å². The molecule has 2 N–H and O–H groups in total. The number of carbonyl (C=O) groups excluding carboxylic acids is 2. The summed E-state index contributed by atoms with van der Waals surface area (Å²) >= 11 is 0. The van der Waals surface area contributed by atoms with E-state index in [1.165, 1.54) is 20.3 Å². The van der Waals surface area contributed by atoms with Crippen LogP contribution in [0.3, 0.4) is 0 Å². The van der Waals surface area contributed by atoms with Crippen molar-refractivity contribution in [2.75, 3.05) is 20.8 Å². The van der Waals surface area contributed by atoms with Gasteiger partial charge in [0.05, 0.1) is 14.2 Å². The maximum absolute atomic E-state index is 12.1. The summed E-state index contributed by atoms with van der Waals surface area (Å²) in [6, 6.07) is 12.0. The van der Waals surface area contributed by atoms with Crippen molar-refractivity contribution in [2.45, 2.75) is 6.92 Å². The van der Waals surface area contributed by atoms with Crippen molar-refractivity contribution >= 4 is 11.8 Å². The molecule has 0 radical (unpaired) electrons. The van der Waals surface area contributed by atoms with Crippen LogP contribution in [0.5, 0.6) is 17.2 Å². The van der Waals surface area contributed by atoms with Crippen molar-refractivity contribution in [3.8, 4) is 17.2 Å². The first-order valence-electron chi connectivity index (χ1n) is 7.54. The molecule has 0 saturated carbocycles. The molecule has 0 fully saturated rings. The molecule has 0 saturated heterocycles. The number of benzene rings is 2. The van der Waals surface area contributed by atoms with Crippen molar-refractivity contribution in [1.29, 1.82) is 0 Å². The zero-order valence-corrected chi connectivity index (χ0v) is 14.3. The maximum Gasteiger partial charge on any atom is 0.276 e. The van der Waals surface area contributed by atoms with Crippen LogP contribution in [0, 0.1) is 6.92 Å². The molecule has 0 atom stereocenters. The number of aryl methyl sites for hydroxylation is 1. The molecule has 2 amide bonds. The molecule has 7 heteroatoms. The lowest BCUT2D eigenvalue weighted by Gasteiger charge is -2.11. The molecule has 0 aromatic heterocycles. The minimum absolute atomic E-state index is 0.213. The van der Waals surface area contributed by atoms with Crippen LogP contribution in [0.4, 0.5) is 0 Å². The summed E-state index contributed by atoms with van der Waals surface area (Å²) in [6.45, 7) is 1.71. The predicted molar refractivity (Wildman–Crippen MR) is 91.8 cm³/mol. The highest BCUT2D eigenvalue weighted by Gasteiger charge is 2.11. The molecule has 0 spiro atoms. The molecule has 25 heavy (non-hydrogen) atoms. The van der Waals surface area contributed by atoms with Gasteiger partial charge in [0.25, 0.3) is 11.8 Å². The number of hydrazine groups is 1. The number of hydrogen-bond donors (Lipinski definition) is 2. The molecule has 0 heterocycles. The van der Waals surface area contributed by atoms with Crippen LogP contribution in [0.15, 0.2) is 42.5 Å². The van der Waals surface area contributed by atoms with Crippen molar-refractivity contribution < 1.29 is 23.8 Å². The lowest BCUT2D eigenvalue weighted by molar-refractivity contribution is -0.123. The summed E-state index contributed by atoms with van der Waals surface area (Å²) in [5, 5.41) is 0. The molecule has 2 aromatic carbocycles. The van der Waals surface area contributed by atoms with Gasteiger partial charge in [-0.05, 0) is 42.8 Å². The fourth-order valence-electron chi connectivity index (χ4n) is 2.07. The minimum atomic E-state index is -0.482. The molecule has 0 bridgehead atoms. The summed E-state index contributed by atoms with van der Waals surface area (Å²) in [7, 11) is 2.98. The van der Waals surface area contributed by atoms with E-state index in [-0.39, 0.29) is 6.61 Å². The third-order valence-electron chi connectivity index (χ3n) is 3.32. The van der Waals surface area contributed by atoms with Gasteiger partial charge in [0.15, 0.2) is 18.1 Å². The van der Waals surface area contributed by atoms with Crippen LogP contribution in [-0.4, -0.2) is 32.6 Å². The zero-order chi connectivity index (χ0) is 18.2. The number of carbonyl (C=O) groups is 2. The summed E-state index contributed by atoms with van der Waals surface area (Å²) in [4.78, 5) is 23.8. The van der Waals surface area contributed by atoms with Crippen LogP contribution in [-0.2, 0) is 4.79 Å². The first-order chi connectivity index (χ1) is 12.0. The lowest BCUT2D eigenvalue weighted by Crippen LogP contribution is -2.43. The Balaban J connectivity index is 1.85. The Morgan fingerprint density at radius 3 is 2.40 bits per heavy atom. The van der Waals surface area contributed by atoms with Gasteiger partial charge in [-0.25, -0.2) is 0 Å². The highest BCUT2D eigenvalue weighted by molar-refractivity contribution is 5.96. The van der Waals surface area contributed by atoms with Crippen LogP contribution < -0.4 is 25.1 Å². The van der Waals surface area contributed by atoms with E-state index in [9.17, 15) is 9.59 Å². The molecule has 0 aliphatic rings. The standard InChI is InChI=1S/C18H20N2O5/c1-12-5-4-6-14(9-12)25-11-17(21)19-20-18(22)13-7-8-15(23-2)16(10-13)24-3/h4-10H,11H2,1-3H3,(H,19,21)(H,20,22). The Bertz CT molecular complexity index is 761. The molecule has 2 aromatic rings. The van der Waals surface area contributed by atoms with Crippen molar-refractivity contribution in [2.24, 2.45) is 0 Å². The first kappa shape index (κ1) is 18.1. The molecular formula is C18H20N2O5. The average Bonchev–Trinajstić information content (AvgIpc) is 2.63. The zero-order valence-electron chi connectivity index (χ0n) is 14.3. The highest BCUT2D eigenvalue weighted by Crippen LogP contribution is 2.27. The minimum Gasteiger partial charge on any atom is -0.493 e. The summed E-state index contributed by atoms with van der Waals surface area (Å²) < 4.78 is 15.6. The highest BCUT2D eigenvalue weighted by atomic mass is 16.5. The predicted octanol–water partition coefficient (Wildman–Crippen LogP) is 1.85. The second-order valence-corrected chi connectivity index (χ2v) is 5.18. The van der Waals surface area contributed by atoms with Crippen molar-refractivity contribution in [3.63, 3.8) is 0 Å². The van der Waals surface area contributed by atoms with Gasteiger partial charge in [-0.3, -0.25) is 20.4 Å². The van der Waals surface area contributed by atoms with Crippen LogP contribution in [0.25, 0.3) is 0 Å². The Labute approximate surface area is 145 Å². The Morgan fingerprint density at radius 2 is 1.72 bits per heavy atom. The van der Waals surface area contributed by atoms with E-state index in [0.717, 1.165) is 5.56 Å². The van der Waals surface area contributed by atoms with Gasteiger partial charge in [-0.15, -0.1) is 0 Å². The van der Waals surface area contributed by atoms with E-state index in [1.54, 1.807) is 18.2 Å². The fourth-order valence-corrected chi connectivity index (χ4v) is 2.07. The fraction of sp³-hybridized carbons (Fsp3) is 0.222. The second kappa shape index (κ2) is 8.58. The lowest BCUT2D eigenvalue weighted by atomic mass is 10.2. The number of amides is 2. The van der Waals surface area contributed by atoms with E-state index < -0.39 is 11.8 Å². The molecule has 2 rings (SSSR count). The third-order valence-corrected chi connectivity index (χ3v) is 3.32. The quantitative estimate of drug-likeness (QED) is 0.781. The van der Waals surface area contributed by atoms with Gasteiger partial charge >= 0.3 is 0 Å². The number of methoxy groups -OCH3 is 2. The Morgan fingerprint density at radius 1 is 0.960 bits per heavy atom. The van der Waals surface area contributed by atoms with Gasteiger partial charge in [0.1, 0.15) is 5.75 Å². The number of nitrogens with one attached hydrogen (secondary N) is 2. The molecular weight excluding hydrogens is 324 g/mol. The second-order valence-electron chi connectivity index (χ2n) is 5.18. The Hall–Kier alpha value is -3.22. The number of ether oxygens (including phenoxy) is 3. The smallest absolute Gasteiger partial charge is 0.276 e. The van der Waals surface area contributed by atoms with Crippen LogP contribution in [0.1, 0.15) is 15.9 Å².